The molecule has 11 heteroatoms. The van der Waals surface area contributed by atoms with Gasteiger partial charge in [0.25, 0.3) is 0 Å². The molecule has 0 atom stereocenters. The van der Waals surface area contributed by atoms with Crippen LogP contribution >= 0.6 is 0 Å². The number of hydrogen-bond acceptors (Lipinski definition) is 8. The van der Waals surface area contributed by atoms with Crippen LogP contribution in [0.25, 0.3) is 5.57 Å². The highest BCUT2D eigenvalue weighted by Crippen LogP contribution is 2.33. The highest BCUT2D eigenvalue weighted by Gasteiger charge is 2.34. The van der Waals surface area contributed by atoms with Gasteiger partial charge in [-0.25, -0.2) is 0 Å². The topological polar surface area (TPSA) is 98.1 Å². The van der Waals surface area contributed by atoms with Crippen molar-refractivity contribution in [2.24, 2.45) is 0 Å². The molecule has 0 unspecified atom stereocenters. The first-order chi connectivity index (χ1) is 18.0. The quantitative estimate of drug-likeness (QED) is 0.169. The number of hydroxylamine groups is 4. The Hall–Kier alpha value is -3.43. The minimum Gasteiger partial charge on any atom is -0.494 e. The van der Waals surface area contributed by atoms with Crippen LogP contribution in [0.4, 0.5) is 18.9 Å². The van der Waals surface area contributed by atoms with Crippen molar-refractivity contribution < 1.29 is 32.7 Å². The van der Waals surface area contributed by atoms with Crippen molar-refractivity contribution in [3.8, 4) is 11.8 Å². The van der Waals surface area contributed by atoms with Crippen LogP contribution in [-0.2, 0) is 15.8 Å². The summed E-state index contributed by atoms with van der Waals surface area (Å²) >= 11 is 0. The second-order valence-corrected chi connectivity index (χ2v) is 9.31. The zero-order valence-electron chi connectivity index (χ0n) is 21.3. The standard InChI is InChI=1S/C27H31F3N4O4/c1-26(2,18-35)34(38-19-32-23-7-4-22(17-31)25(16-23)27(28,29)30)12-3-15-37-24-8-5-20(6-9-24)21-10-13-33(36)14-11-21/h4-10,16,18,32,36H,3,11-15,19H2,1-2H3. The molecular weight excluding hydrogens is 501 g/mol. The number of carbonyl (C=O) groups is 1. The molecule has 0 saturated carbocycles. The summed E-state index contributed by atoms with van der Waals surface area (Å²) in [5.41, 5.74) is -0.100. The Labute approximate surface area is 219 Å². The fourth-order valence-corrected chi connectivity index (χ4v) is 3.84. The SMILES string of the molecule is CC(C)(C=O)N(CCCOc1ccc(C2=CCN(O)CC2)cc1)OCNc1ccc(C#N)c(C(F)(F)F)c1. The van der Waals surface area contributed by atoms with E-state index in [-0.39, 0.29) is 12.4 Å². The average Bonchev–Trinajstić information content (AvgIpc) is 2.90. The molecule has 2 N–H and O–H groups in total. The Bertz CT molecular complexity index is 1160. The highest BCUT2D eigenvalue weighted by molar-refractivity contribution is 5.67. The molecule has 0 saturated heterocycles. The van der Waals surface area contributed by atoms with Gasteiger partial charge in [-0.2, -0.15) is 28.6 Å². The van der Waals surface area contributed by atoms with E-state index in [0.717, 1.165) is 30.4 Å². The summed E-state index contributed by atoms with van der Waals surface area (Å²) in [6.07, 6.45) is -0.654. The molecule has 1 aliphatic rings. The molecular formula is C27H31F3N4O4. The second kappa shape index (κ2) is 12.9. The number of hydrogen-bond donors (Lipinski definition) is 2. The number of carbonyl (C=O) groups excluding carboxylic acids is 1. The largest absolute Gasteiger partial charge is 0.494 e. The zero-order valence-corrected chi connectivity index (χ0v) is 21.3. The molecule has 0 bridgehead atoms. The van der Waals surface area contributed by atoms with Crippen LogP contribution in [0.1, 0.15) is 43.4 Å². The molecule has 1 aliphatic heterocycles. The fourth-order valence-electron chi connectivity index (χ4n) is 3.84. The minimum atomic E-state index is -4.66. The van der Waals surface area contributed by atoms with Gasteiger partial charge in [0, 0.05) is 25.3 Å². The molecule has 0 amide bonds. The average molecular weight is 533 g/mol. The molecule has 8 nitrogen and oxygen atoms in total. The van der Waals surface area contributed by atoms with Crippen molar-refractivity contribution in [1.82, 2.24) is 10.1 Å². The maximum atomic E-state index is 13.2. The van der Waals surface area contributed by atoms with Gasteiger partial charge in [-0.05, 0) is 68.2 Å². The van der Waals surface area contributed by atoms with Crippen molar-refractivity contribution in [3.63, 3.8) is 0 Å². The molecule has 0 aromatic heterocycles. The van der Waals surface area contributed by atoms with E-state index in [4.69, 9.17) is 14.8 Å². The van der Waals surface area contributed by atoms with E-state index in [1.807, 2.05) is 30.3 Å². The summed E-state index contributed by atoms with van der Waals surface area (Å²) in [7, 11) is 0. The van der Waals surface area contributed by atoms with E-state index in [0.29, 0.717) is 38.4 Å². The number of aldehydes is 1. The van der Waals surface area contributed by atoms with Crippen molar-refractivity contribution in [3.05, 3.63) is 65.2 Å². The monoisotopic (exact) mass is 532 g/mol. The van der Waals surface area contributed by atoms with Gasteiger partial charge in [0.05, 0.1) is 29.3 Å². The number of nitrogens with zero attached hydrogens (tertiary/aromatic N) is 3. The summed E-state index contributed by atoms with van der Waals surface area (Å²) in [4.78, 5) is 17.3. The van der Waals surface area contributed by atoms with Gasteiger partial charge < -0.3 is 20.1 Å². The number of anilines is 1. The number of alkyl halides is 3. The molecule has 204 valence electrons. The first-order valence-electron chi connectivity index (χ1n) is 12.1. The zero-order chi connectivity index (χ0) is 27.8. The lowest BCUT2D eigenvalue weighted by atomic mass is 10.0. The molecule has 0 radical (unpaired) electrons. The van der Waals surface area contributed by atoms with Crippen LogP contribution in [0.3, 0.4) is 0 Å². The third kappa shape index (κ3) is 8.03. The van der Waals surface area contributed by atoms with E-state index in [1.165, 1.54) is 21.8 Å². The van der Waals surface area contributed by atoms with Crippen LogP contribution in [0.2, 0.25) is 0 Å². The maximum Gasteiger partial charge on any atom is 0.417 e. The van der Waals surface area contributed by atoms with Crippen LogP contribution < -0.4 is 10.1 Å². The molecule has 0 spiro atoms. The Morgan fingerprint density at radius 1 is 1.21 bits per heavy atom. The minimum absolute atomic E-state index is 0.129. The van der Waals surface area contributed by atoms with Crippen LogP contribution in [0.5, 0.6) is 5.75 Å². The molecule has 3 rings (SSSR count). The number of benzene rings is 2. The molecule has 0 aliphatic carbocycles. The lowest BCUT2D eigenvalue weighted by molar-refractivity contribution is -0.204. The smallest absolute Gasteiger partial charge is 0.417 e. The van der Waals surface area contributed by atoms with Gasteiger partial charge in [0.2, 0.25) is 0 Å². The van der Waals surface area contributed by atoms with E-state index >= 15 is 0 Å². The van der Waals surface area contributed by atoms with Crippen molar-refractivity contribution >= 4 is 17.5 Å². The van der Waals surface area contributed by atoms with Crippen molar-refractivity contribution in [2.75, 3.05) is 38.3 Å². The van der Waals surface area contributed by atoms with E-state index in [2.05, 4.69) is 5.32 Å². The lowest BCUT2D eigenvalue weighted by Crippen LogP contribution is -2.46. The number of rotatable bonds is 12. The maximum absolute atomic E-state index is 13.2. The number of ether oxygens (including phenoxy) is 1. The molecule has 2 aromatic carbocycles. The Morgan fingerprint density at radius 2 is 1.95 bits per heavy atom. The van der Waals surface area contributed by atoms with Crippen LogP contribution in [-0.4, -0.2) is 60.1 Å². The summed E-state index contributed by atoms with van der Waals surface area (Å²) in [5, 5.41) is 23.9. The first kappa shape index (κ1) is 29.1. The van der Waals surface area contributed by atoms with Crippen LogP contribution in [0.15, 0.2) is 48.5 Å². The fraction of sp³-hybridized carbons (Fsp3) is 0.407. The van der Waals surface area contributed by atoms with Crippen LogP contribution in [0, 0.1) is 11.3 Å². The van der Waals surface area contributed by atoms with Gasteiger partial charge >= 0.3 is 6.18 Å². The third-order valence-electron chi connectivity index (χ3n) is 6.06. The molecule has 38 heavy (non-hydrogen) atoms. The summed E-state index contributed by atoms with van der Waals surface area (Å²) < 4.78 is 45.4. The molecule has 0 fully saturated rings. The Balaban J connectivity index is 1.50. The van der Waals surface area contributed by atoms with Gasteiger partial charge in [-0.15, -0.1) is 0 Å². The van der Waals surface area contributed by atoms with Crippen molar-refractivity contribution in [1.29, 1.82) is 5.26 Å². The Morgan fingerprint density at radius 3 is 2.55 bits per heavy atom. The summed E-state index contributed by atoms with van der Waals surface area (Å²) in [5.74, 6) is 0.694. The second-order valence-electron chi connectivity index (χ2n) is 9.31. The Kier molecular flexibility index (Phi) is 9.88. The summed E-state index contributed by atoms with van der Waals surface area (Å²) in [6, 6.07) is 12.5. The van der Waals surface area contributed by atoms with E-state index in [9.17, 15) is 23.2 Å². The number of nitriles is 1. The predicted octanol–water partition coefficient (Wildman–Crippen LogP) is 5.10. The van der Waals surface area contributed by atoms with Gasteiger partial charge in [-0.3, -0.25) is 4.84 Å². The highest BCUT2D eigenvalue weighted by atomic mass is 19.4. The van der Waals surface area contributed by atoms with E-state index < -0.39 is 22.8 Å². The lowest BCUT2D eigenvalue weighted by Gasteiger charge is -2.33. The predicted molar refractivity (Wildman–Crippen MR) is 135 cm³/mol. The summed E-state index contributed by atoms with van der Waals surface area (Å²) in [6.45, 7) is 4.93. The third-order valence-corrected chi connectivity index (χ3v) is 6.06. The first-order valence-corrected chi connectivity index (χ1v) is 12.1. The van der Waals surface area contributed by atoms with Crippen molar-refractivity contribution in [2.45, 2.75) is 38.4 Å². The normalized spacial score (nSPS) is 14.6. The van der Waals surface area contributed by atoms with E-state index in [1.54, 1.807) is 19.9 Å². The van der Waals surface area contributed by atoms with Gasteiger partial charge in [-0.1, -0.05) is 18.2 Å². The number of halogens is 3. The molecule has 2 aromatic rings. The molecule has 1 heterocycles. The van der Waals surface area contributed by atoms with Gasteiger partial charge in [0.15, 0.2) is 0 Å². The van der Waals surface area contributed by atoms with Gasteiger partial charge in [0.1, 0.15) is 18.8 Å². The number of nitrogens with one attached hydrogen (secondary N) is 1.